The van der Waals surface area contributed by atoms with Crippen LogP contribution in [0.15, 0.2) is 0 Å². The van der Waals surface area contributed by atoms with Gasteiger partial charge in [-0.05, 0) is 153 Å². The second kappa shape index (κ2) is 58.5. The monoisotopic (exact) mass is 1330 g/mol. The maximum atomic E-state index is 11.4. The van der Waals surface area contributed by atoms with Crippen LogP contribution in [0.5, 0.6) is 0 Å². The first-order valence-corrected chi connectivity index (χ1v) is 36.6. The van der Waals surface area contributed by atoms with E-state index in [2.05, 4.69) is 40.8 Å². The minimum absolute atomic E-state index is 0.119. The number of methoxy groups -OCH3 is 3. The maximum absolute atomic E-state index is 11.4. The summed E-state index contributed by atoms with van der Waals surface area (Å²) in [6.45, 7) is 1.71. The molecule has 6 saturated carbocycles. The van der Waals surface area contributed by atoms with E-state index in [4.69, 9.17) is 15.3 Å². The smallest absolute Gasteiger partial charge is 0.305 e. The number of ether oxygens (including phenoxy) is 3. The minimum Gasteiger partial charge on any atom is -0.481 e. The lowest BCUT2D eigenvalue weighted by Gasteiger charge is -2.03. The molecule has 0 aromatic carbocycles. The number of carboxylic acids is 3. The van der Waals surface area contributed by atoms with Crippen LogP contribution >= 0.6 is 0 Å². The Bertz CT molecular complexity index is 2090. The van der Waals surface area contributed by atoms with Crippen molar-refractivity contribution < 1.29 is 82.3 Å². The van der Waals surface area contributed by atoms with Crippen molar-refractivity contribution >= 4 is 65.4 Å². The van der Waals surface area contributed by atoms with Gasteiger partial charge in [-0.1, -0.05) is 116 Å². The van der Waals surface area contributed by atoms with Crippen LogP contribution < -0.4 is 26.6 Å². The molecule has 94 heavy (non-hydrogen) atoms. The van der Waals surface area contributed by atoms with E-state index in [9.17, 15) is 52.7 Å². The number of amides is 5. The molecule has 0 aromatic rings. The number of carbonyl (C=O) groups is 11. The van der Waals surface area contributed by atoms with Gasteiger partial charge in [-0.3, -0.25) is 52.7 Å². The lowest BCUT2D eigenvalue weighted by Crippen LogP contribution is -2.25. The summed E-state index contributed by atoms with van der Waals surface area (Å²) >= 11 is 0. The van der Waals surface area contributed by atoms with Gasteiger partial charge in [0.15, 0.2) is 0 Å². The average Bonchev–Trinajstić information content (AvgIpc) is 4.24. The van der Waals surface area contributed by atoms with Crippen molar-refractivity contribution in [1.29, 1.82) is 0 Å². The molecule has 6 aliphatic carbocycles. The van der Waals surface area contributed by atoms with Crippen molar-refractivity contribution in [3.8, 4) is 0 Å². The normalized spacial score (nSPS) is 14.8. The molecule has 0 unspecified atom stereocenters. The maximum Gasteiger partial charge on any atom is 0.305 e. The Morgan fingerprint density at radius 2 is 0.479 bits per heavy atom. The van der Waals surface area contributed by atoms with Gasteiger partial charge in [0.05, 0.1) is 21.3 Å². The summed E-state index contributed by atoms with van der Waals surface area (Å²) in [7, 11) is 4.24. The molecule has 0 aliphatic heterocycles. The van der Waals surface area contributed by atoms with Crippen molar-refractivity contribution in [2.45, 2.75) is 339 Å². The number of esters is 3. The summed E-state index contributed by atoms with van der Waals surface area (Å²) in [5.74, 6) is 0.832. The third-order valence-electron chi connectivity index (χ3n) is 16.7. The molecule has 6 aliphatic rings. The molecular weight excluding hydrogens is 1210 g/mol. The number of carbonyl (C=O) groups excluding carboxylic acids is 8. The topological polar surface area (TPSA) is 336 Å². The predicted octanol–water partition coefficient (Wildman–Crippen LogP) is 12.8. The fraction of sp³-hybridized carbons (Fsp3) is 0.847. The first-order chi connectivity index (χ1) is 45.3. The first kappa shape index (κ1) is 86.2. The standard InChI is InChI=1S/C14H25NO3.C13H23NO3.2C12H21NO3.C11H19NO3.C10H18O2/c1-18-14(17)9-7-5-3-2-4-6-8-13(16)15-12-10-11-12;1-17-13(16)7-5-3-2-4-6-12(15)14-10-11-8-9-11;1-16-12(15)7-5-3-2-4-6-11(14)13-10-8-9-10;14-11(13-9-10-7-8-10)5-3-1-2-4-6-12(15)16;13-10(12-9-7-8-9)5-3-1-2-4-6-11(14)15;11-10(12)6-4-2-1-3-5-9-7-8-9/h12H,2-11H2,1H3,(H,15,16);11H,2-10H2,1H3,(H,14,15);10H,2-9H2,1H3,(H,13,14);10H,1-9H2,(H,13,14)(H,15,16);9H,1-8H2,(H,12,13)(H,14,15);9H,1-8H2,(H,11,12). The highest BCUT2D eigenvalue weighted by Crippen LogP contribution is 2.34. The molecule has 0 atom stereocenters. The number of aliphatic carboxylic acids is 3. The molecule has 0 radical (unpaired) electrons. The van der Waals surface area contributed by atoms with Crippen LogP contribution in [-0.4, -0.2) is 133 Å². The zero-order valence-electron chi connectivity index (χ0n) is 58.3. The molecule has 6 fully saturated rings. The molecule has 0 spiro atoms. The third kappa shape index (κ3) is 67.6. The molecular formula is C72H127N5O17. The van der Waals surface area contributed by atoms with Gasteiger partial charge in [-0.2, -0.15) is 0 Å². The average molecular weight is 1330 g/mol. The summed E-state index contributed by atoms with van der Waals surface area (Å²) in [6, 6.07) is 1.40. The molecule has 0 aromatic heterocycles. The lowest BCUT2D eigenvalue weighted by atomic mass is 10.1. The van der Waals surface area contributed by atoms with Gasteiger partial charge in [0.2, 0.25) is 29.5 Å². The largest absolute Gasteiger partial charge is 0.481 e. The summed E-state index contributed by atoms with van der Waals surface area (Å²) in [6.07, 6.45) is 46.9. The van der Waals surface area contributed by atoms with Gasteiger partial charge in [0.25, 0.3) is 0 Å². The van der Waals surface area contributed by atoms with E-state index in [0.717, 1.165) is 223 Å². The van der Waals surface area contributed by atoms with Crippen molar-refractivity contribution in [2.75, 3.05) is 34.4 Å². The highest BCUT2D eigenvalue weighted by molar-refractivity contribution is 5.78. The predicted molar refractivity (Wildman–Crippen MR) is 362 cm³/mol. The zero-order chi connectivity index (χ0) is 69.2. The summed E-state index contributed by atoms with van der Waals surface area (Å²) in [5.41, 5.74) is 0. The van der Waals surface area contributed by atoms with E-state index >= 15 is 0 Å². The van der Waals surface area contributed by atoms with Crippen LogP contribution in [0.25, 0.3) is 0 Å². The fourth-order valence-corrected chi connectivity index (χ4v) is 9.60. The van der Waals surface area contributed by atoms with E-state index in [1.54, 1.807) is 0 Å². The number of nitrogens with one attached hydrogen (secondary N) is 5. The van der Waals surface area contributed by atoms with Gasteiger partial charge in [-0.25, -0.2) is 0 Å². The molecule has 22 heteroatoms. The van der Waals surface area contributed by atoms with Gasteiger partial charge in [-0.15, -0.1) is 0 Å². The molecule has 6 rings (SSSR count). The number of rotatable bonds is 51. The second-order valence-corrected chi connectivity index (χ2v) is 26.6. The van der Waals surface area contributed by atoms with Crippen LogP contribution in [0.1, 0.15) is 321 Å². The lowest BCUT2D eigenvalue weighted by molar-refractivity contribution is -0.141. The molecule has 0 bridgehead atoms. The minimum atomic E-state index is -0.735. The summed E-state index contributed by atoms with van der Waals surface area (Å²) < 4.78 is 13.7. The number of hydrogen-bond donors (Lipinski definition) is 8. The van der Waals surface area contributed by atoms with Crippen molar-refractivity contribution in [3.05, 3.63) is 0 Å². The van der Waals surface area contributed by atoms with E-state index in [1.165, 1.54) is 79.1 Å². The number of unbranched alkanes of at least 4 members (excludes halogenated alkanes) is 20. The van der Waals surface area contributed by atoms with E-state index in [-0.39, 0.29) is 60.3 Å². The van der Waals surface area contributed by atoms with Gasteiger partial charge >= 0.3 is 35.8 Å². The van der Waals surface area contributed by atoms with Crippen LogP contribution in [0.4, 0.5) is 0 Å². The Morgan fingerprint density at radius 3 is 0.702 bits per heavy atom. The van der Waals surface area contributed by atoms with Gasteiger partial charge in [0, 0.05) is 102 Å². The Kier molecular flexibility index (Phi) is 53.7. The van der Waals surface area contributed by atoms with E-state index in [1.807, 2.05) is 0 Å². The van der Waals surface area contributed by atoms with Crippen LogP contribution in [0, 0.1) is 17.8 Å². The molecule has 542 valence electrons. The second-order valence-electron chi connectivity index (χ2n) is 26.6. The Hall–Kier alpha value is -5.83. The first-order valence-electron chi connectivity index (χ1n) is 36.6. The number of hydrogen-bond acceptors (Lipinski definition) is 14. The molecule has 5 amide bonds. The van der Waals surface area contributed by atoms with Crippen LogP contribution in [0.2, 0.25) is 0 Å². The van der Waals surface area contributed by atoms with E-state index in [0.29, 0.717) is 75.9 Å². The van der Waals surface area contributed by atoms with Crippen molar-refractivity contribution in [3.63, 3.8) is 0 Å². The summed E-state index contributed by atoms with van der Waals surface area (Å²) in [4.78, 5) is 120. The van der Waals surface area contributed by atoms with Crippen LogP contribution in [-0.2, 0) is 67.0 Å². The summed E-state index contributed by atoms with van der Waals surface area (Å²) in [5, 5.41) is 39.9. The number of carboxylic acid groups (broad SMARTS) is 3. The molecule has 22 nitrogen and oxygen atoms in total. The third-order valence-corrected chi connectivity index (χ3v) is 16.7. The molecule has 0 saturated heterocycles. The quantitative estimate of drug-likeness (QED) is 0.0159. The van der Waals surface area contributed by atoms with Crippen LogP contribution in [0.3, 0.4) is 0 Å². The Morgan fingerprint density at radius 1 is 0.266 bits per heavy atom. The zero-order valence-corrected chi connectivity index (χ0v) is 58.3. The highest BCUT2D eigenvalue weighted by atomic mass is 16.5. The van der Waals surface area contributed by atoms with Gasteiger partial charge < -0.3 is 56.1 Å². The van der Waals surface area contributed by atoms with Gasteiger partial charge in [0.1, 0.15) is 0 Å². The van der Waals surface area contributed by atoms with Crippen molar-refractivity contribution in [2.24, 2.45) is 17.8 Å². The molecule has 0 heterocycles. The SMILES string of the molecule is COC(=O)CCCCCCC(=O)NC1CC1.COC(=O)CCCCCCC(=O)NCC1CC1.COC(=O)CCCCCCCCC(=O)NC1CC1.O=C(O)CCCCCCC(=O)NC1CC1.O=C(O)CCCCCCC(=O)NCC1CC1.O=C(O)CCCCCCC1CC1. The highest BCUT2D eigenvalue weighted by Gasteiger charge is 2.26. The Balaban J connectivity index is 0.000000566. The Labute approximate surface area is 563 Å². The molecule has 8 N–H and O–H groups in total. The fourth-order valence-electron chi connectivity index (χ4n) is 9.60. The van der Waals surface area contributed by atoms with E-state index < -0.39 is 17.9 Å². The van der Waals surface area contributed by atoms with Crippen molar-refractivity contribution in [1.82, 2.24) is 26.6 Å².